The first-order valence-corrected chi connectivity index (χ1v) is 8.22. The van der Waals surface area contributed by atoms with Crippen LogP contribution in [0.5, 0.6) is 0 Å². The molecule has 126 valence electrons. The maximum absolute atomic E-state index is 6.36. The van der Waals surface area contributed by atoms with Gasteiger partial charge in [0.2, 0.25) is 0 Å². The molecule has 1 unspecified atom stereocenters. The summed E-state index contributed by atoms with van der Waals surface area (Å²) in [4.78, 5) is 2.50. The third-order valence-corrected chi connectivity index (χ3v) is 4.67. The zero-order chi connectivity index (χ0) is 15.5. The number of nitrogens with one attached hydrogen (secondary N) is 1. The van der Waals surface area contributed by atoms with Crippen LogP contribution in [0.25, 0.3) is 11.3 Å². The fourth-order valence-corrected chi connectivity index (χ4v) is 3.43. The molecule has 1 atom stereocenters. The molecule has 1 aromatic carbocycles. The van der Waals surface area contributed by atoms with Gasteiger partial charge in [0.15, 0.2) is 0 Å². The first-order valence-electron chi connectivity index (χ1n) is 7.84. The van der Waals surface area contributed by atoms with Gasteiger partial charge in [0, 0.05) is 43.5 Å². The van der Waals surface area contributed by atoms with Crippen LogP contribution in [0.15, 0.2) is 30.5 Å². The first kappa shape index (κ1) is 18.3. The van der Waals surface area contributed by atoms with Crippen molar-refractivity contribution in [3.8, 4) is 11.3 Å². The highest BCUT2D eigenvalue weighted by Gasteiger charge is 2.21. The molecule has 2 aromatic rings. The van der Waals surface area contributed by atoms with Crippen LogP contribution in [0, 0.1) is 0 Å². The van der Waals surface area contributed by atoms with Crippen molar-refractivity contribution in [1.82, 2.24) is 20.0 Å². The molecular weight excluding hydrogens is 331 g/mol. The highest BCUT2D eigenvalue weighted by atomic mass is 35.5. The predicted molar refractivity (Wildman–Crippen MR) is 98.3 cm³/mol. The van der Waals surface area contributed by atoms with E-state index in [1.165, 1.54) is 18.4 Å². The number of likely N-dealkylation sites (tertiary alicyclic amines) is 1. The van der Waals surface area contributed by atoms with Crippen molar-refractivity contribution in [2.75, 3.05) is 20.1 Å². The Morgan fingerprint density at radius 3 is 2.87 bits per heavy atom. The van der Waals surface area contributed by atoms with E-state index in [1.54, 1.807) is 0 Å². The molecule has 2 heterocycles. The molecule has 0 bridgehead atoms. The van der Waals surface area contributed by atoms with Crippen molar-refractivity contribution in [2.45, 2.75) is 25.4 Å². The lowest BCUT2D eigenvalue weighted by Gasteiger charge is -2.32. The Morgan fingerprint density at radius 2 is 2.13 bits per heavy atom. The third kappa shape index (κ3) is 4.27. The van der Waals surface area contributed by atoms with Crippen LogP contribution in [0.1, 0.15) is 18.4 Å². The number of aryl methyl sites for hydroxylation is 1. The Kier molecular flexibility index (Phi) is 6.48. The largest absolute Gasteiger partial charge is 0.316 e. The van der Waals surface area contributed by atoms with E-state index in [-0.39, 0.29) is 12.4 Å². The Hall–Kier alpha value is -1.07. The summed E-state index contributed by atoms with van der Waals surface area (Å²) in [6.07, 6.45) is 4.62. The summed E-state index contributed by atoms with van der Waals surface area (Å²) < 4.78 is 1.88. The summed E-state index contributed by atoms with van der Waals surface area (Å²) in [5.41, 5.74) is 3.26. The number of benzene rings is 1. The molecular formula is C17H24Cl2N4. The number of hydrogen-bond acceptors (Lipinski definition) is 3. The van der Waals surface area contributed by atoms with Crippen molar-refractivity contribution < 1.29 is 0 Å². The lowest BCUT2D eigenvalue weighted by molar-refractivity contribution is 0.188. The molecule has 3 rings (SSSR count). The lowest BCUT2D eigenvalue weighted by Crippen LogP contribution is -2.43. The maximum Gasteiger partial charge on any atom is 0.0983 e. The van der Waals surface area contributed by atoms with Gasteiger partial charge in [-0.05, 0) is 32.5 Å². The molecule has 1 aromatic heterocycles. The van der Waals surface area contributed by atoms with E-state index in [1.807, 2.05) is 43.0 Å². The van der Waals surface area contributed by atoms with E-state index >= 15 is 0 Å². The molecule has 4 nitrogen and oxygen atoms in total. The second-order valence-corrected chi connectivity index (χ2v) is 6.43. The van der Waals surface area contributed by atoms with Gasteiger partial charge in [0.25, 0.3) is 0 Å². The van der Waals surface area contributed by atoms with Crippen LogP contribution in [-0.2, 0) is 13.6 Å². The van der Waals surface area contributed by atoms with Gasteiger partial charge in [0.05, 0.1) is 10.7 Å². The van der Waals surface area contributed by atoms with Gasteiger partial charge in [-0.15, -0.1) is 12.4 Å². The highest BCUT2D eigenvalue weighted by Crippen LogP contribution is 2.30. The van der Waals surface area contributed by atoms with Crippen molar-refractivity contribution in [3.05, 3.63) is 41.0 Å². The smallest absolute Gasteiger partial charge is 0.0983 e. The minimum atomic E-state index is 0. The van der Waals surface area contributed by atoms with Crippen LogP contribution >= 0.6 is 24.0 Å². The quantitative estimate of drug-likeness (QED) is 0.913. The highest BCUT2D eigenvalue weighted by molar-refractivity contribution is 6.33. The van der Waals surface area contributed by atoms with Crippen molar-refractivity contribution in [3.63, 3.8) is 0 Å². The minimum absolute atomic E-state index is 0. The van der Waals surface area contributed by atoms with E-state index in [0.717, 1.165) is 35.9 Å². The summed E-state index contributed by atoms with van der Waals surface area (Å²) in [5.74, 6) is 0. The average Bonchev–Trinajstić information content (AvgIpc) is 2.88. The zero-order valence-corrected chi connectivity index (χ0v) is 15.2. The van der Waals surface area contributed by atoms with Gasteiger partial charge in [-0.25, -0.2) is 0 Å². The first-order chi connectivity index (χ1) is 10.7. The van der Waals surface area contributed by atoms with E-state index in [2.05, 4.69) is 21.5 Å². The Labute approximate surface area is 149 Å². The number of piperidine rings is 1. The fourth-order valence-electron chi connectivity index (χ4n) is 3.21. The summed E-state index contributed by atoms with van der Waals surface area (Å²) in [6, 6.07) is 8.52. The molecule has 1 N–H and O–H groups in total. The third-order valence-electron chi connectivity index (χ3n) is 4.34. The van der Waals surface area contributed by atoms with Crippen LogP contribution in [0.2, 0.25) is 5.02 Å². The molecule has 0 radical (unpaired) electrons. The van der Waals surface area contributed by atoms with Crippen LogP contribution in [-0.4, -0.2) is 40.9 Å². The maximum atomic E-state index is 6.36. The van der Waals surface area contributed by atoms with Crippen LogP contribution < -0.4 is 5.32 Å². The molecule has 0 saturated carbocycles. The van der Waals surface area contributed by atoms with Gasteiger partial charge in [0.1, 0.15) is 0 Å². The van der Waals surface area contributed by atoms with Crippen LogP contribution in [0.4, 0.5) is 0 Å². The van der Waals surface area contributed by atoms with E-state index in [9.17, 15) is 0 Å². The molecule has 1 saturated heterocycles. The molecule has 1 aliphatic heterocycles. The lowest BCUT2D eigenvalue weighted by atomic mass is 10.0. The van der Waals surface area contributed by atoms with Crippen molar-refractivity contribution in [1.29, 1.82) is 0 Å². The molecule has 1 aliphatic rings. The topological polar surface area (TPSA) is 33.1 Å². The summed E-state index contributed by atoms with van der Waals surface area (Å²) in [6.45, 7) is 3.16. The number of aromatic nitrogens is 2. The van der Waals surface area contributed by atoms with Crippen molar-refractivity contribution in [2.24, 2.45) is 7.05 Å². The number of hydrogen-bond donors (Lipinski definition) is 1. The van der Waals surface area contributed by atoms with Gasteiger partial charge in [-0.2, -0.15) is 5.10 Å². The Balaban J connectivity index is 0.00000192. The number of likely N-dealkylation sites (N-methyl/N-ethyl adjacent to an activating group) is 1. The molecule has 6 heteroatoms. The Bertz CT molecular complexity index is 641. The molecule has 0 aliphatic carbocycles. The zero-order valence-electron chi connectivity index (χ0n) is 13.6. The SMILES string of the molecule is CNC1CCCN(Cc2cn(C)nc2-c2ccccc2Cl)C1.Cl. The van der Waals surface area contributed by atoms with E-state index < -0.39 is 0 Å². The van der Waals surface area contributed by atoms with Gasteiger partial charge >= 0.3 is 0 Å². The number of halogens is 2. The molecule has 1 fully saturated rings. The van der Waals surface area contributed by atoms with E-state index in [0.29, 0.717) is 6.04 Å². The normalized spacial score (nSPS) is 18.7. The number of nitrogens with zero attached hydrogens (tertiary/aromatic N) is 3. The predicted octanol–water partition coefficient (Wildman–Crippen LogP) is 3.35. The monoisotopic (exact) mass is 354 g/mol. The van der Waals surface area contributed by atoms with Crippen molar-refractivity contribution >= 4 is 24.0 Å². The molecule has 23 heavy (non-hydrogen) atoms. The summed E-state index contributed by atoms with van der Waals surface area (Å²) in [7, 11) is 4.02. The van der Waals surface area contributed by atoms with Crippen LogP contribution in [0.3, 0.4) is 0 Å². The molecule has 0 spiro atoms. The summed E-state index contributed by atoms with van der Waals surface area (Å²) in [5, 5.41) is 8.79. The van der Waals surface area contributed by atoms with Gasteiger partial charge < -0.3 is 5.32 Å². The van der Waals surface area contributed by atoms with E-state index in [4.69, 9.17) is 11.6 Å². The molecule has 0 amide bonds. The standard InChI is InChI=1S/C17H23ClN4.ClH/c1-19-14-6-5-9-22(12-14)11-13-10-21(2)20-17(13)15-7-3-4-8-16(15)18;/h3-4,7-8,10,14,19H,5-6,9,11-12H2,1-2H3;1H. The number of rotatable bonds is 4. The fraction of sp³-hybridized carbons (Fsp3) is 0.471. The van der Waals surface area contributed by atoms with Gasteiger partial charge in [-0.3, -0.25) is 9.58 Å². The van der Waals surface area contributed by atoms with Gasteiger partial charge in [-0.1, -0.05) is 29.8 Å². The Morgan fingerprint density at radius 1 is 1.35 bits per heavy atom. The average molecular weight is 355 g/mol. The minimum Gasteiger partial charge on any atom is -0.316 e. The second-order valence-electron chi connectivity index (χ2n) is 6.02. The second kappa shape index (κ2) is 8.15. The summed E-state index contributed by atoms with van der Waals surface area (Å²) >= 11 is 6.36.